The quantitative estimate of drug-likeness (QED) is 0.634. The van der Waals surface area contributed by atoms with Gasteiger partial charge in [-0.05, 0) is 26.7 Å². The summed E-state index contributed by atoms with van der Waals surface area (Å²) >= 11 is 0. The summed E-state index contributed by atoms with van der Waals surface area (Å²) in [6.45, 7) is 4.71. The third-order valence-corrected chi connectivity index (χ3v) is 2.98. The van der Waals surface area contributed by atoms with Gasteiger partial charge in [-0.2, -0.15) is 0 Å². The van der Waals surface area contributed by atoms with E-state index in [2.05, 4.69) is 0 Å². The molecule has 0 aromatic carbocycles. The summed E-state index contributed by atoms with van der Waals surface area (Å²) in [4.78, 5) is 24.4. The maximum Gasteiger partial charge on any atom is 0.256 e. The first-order chi connectivity index (χ1) is 7.02. The van der Waals surface area contributed by atoms with Gasteiger partial charge >= 0.3 is 0 Å². The molecule has 1 saturated heterocycles. The zero-order valence-electron chi connectivity index (χ0n) is 9.08. The normalized spacial score (nSPS) is 31.3. The first-order valence-corrected chi connectivity index (χ1v) is 5.20. The maximum atomic E-state index is 11.6. The molecule has 2 aliphatic rings. The fourth-order valence-electron chi connectivity index (χ4n) is 2.08. The molecule has 82 valence electrons. The Morgan fingerprint density at radius 1 is 1.53 bits per heavy atom. The molecule has 1 fully saturated rings. The molecule has 15 heavy (non-hydrogen) atoms. The number of hydrogen-bond acceptors (Lipinski definition) is 3. The lowest BCUT2D eigenvalue weighted by atomic mass is 10.0. The highest BCUT2D eigenvalue weighted by Gasteiger charge is 2.38. The lowest BCUT2D eigenvalue weighted by Crippen LogP contribution is -2.43. The molecule has 0 aromatic rings. The average molecular weight is 209 g/mol. The van der Waals surface area contributed by atoms with Gasteiger partial charge in [0, 0.05) is 18.3 Å². The van der Waals surface area contributed by atoms with Crippen LogP contribution in [0, 0.1) is 0 Å². The molecule has 2 aliphatic heterocycles. The van der Waals surface area contributed by atoms with Gasteiger partial charge in [0.1, 0.15) is 0 Å². The molecule has 0 aliphatic carbocycles. The van der Waals surface area contributed by atoms with Crippen molar-refractivity contribution in [2.45, 2.75) is 32.3 Å². The van der Waals surface area contributed by atoms with Gasteiger partial charge in [-0.3, -0.25) is 14.5 Å². The summed E-state index contributed by atoms with van der Waals surface area (Å²) in [6.07, 6.45) is 3.29. The number of ether oxygens (including phenoxy) is 1. The molecule has 0 spiro atoms. The molecule has 1 atom stereocenters. The minimum Gasteiger partial charge on any atom is -0.373 e. The second kappa shape index (κ2) is 3.45. The van der Waals surface area contributed by atoms with Crippen LogP contribution in [0.1, 0.15) is 26.7 Å². The molecule has 0 saturated carbocycles. The van der Waals surface area contributed by atoms with Gasteiger partial charge in [-0.1, -0.05) is 0 Å². The van der Waals surface area contributed by atoms with Crippen molar-refractivity contribution in [1.29, 1.82) is 0 Å². The van der Waals surface area contributed by atoms with Crippen molar-refractivity contribution in [3.63, 3.8) is 0 Å². The summed E-state index contributed by atoms with van der Waals surface area (Å²) in [6, 6.07) is 0. The average Bonchev–Trinajstić information content (AvgIpc) is 2.68. The third kappa shape index (κ3) is 1.81. The Labute approximate surface area is 88.9 Å². The molecule has 2 heterocycles. The van der Waals surface area contributed by atoms with Gasteiger partial charge in [0.25, 0.3) is 11.8 Å². The lowest BCUT2D eigenvalue weighted by Gasteiger charge is -2.28. The topological polar surface area (TPSA) is 46.6 Å². The Morgan fingerprint density at radius 3 is 2.73 bits per heavy atom. The number of rotatable bonds is 2. The Kier molecular flexibility index (Phi) is 2.38. The van der Waals surface area contributed by atoms with Gasteiger partial charge < -0.3 is 4.74 Å². The van der Waals surface area contributed by atoms with Crippen LogP contribution in [0.25, 0.3) is 0 Å². The highest BCUT2D eigenvalue weighted by molar-refractivity contribution is 6.15. The number of carbonyl (C=O) groups excluding carboxylic acids is 2. The zero-order chi connectivity index (χ0) is 11.1. The summed E-state index contributed by atoms with van der Waals surface area (Å²) in [5.41, 5.74) is 0.172. The van der Waals surface area contributed by atoms with Gasteiger partial charge in [-0.25, -0.2) is 0 Å². The molecule has 2 rings (SSSR count). The van der Waals surface area contributed by atoms with E-state index < -0.39 is 0 Å². The van der Waals surface area contributed by atoms with E-state index in [0.717, 1.165) is 19.4 Å². The van der Waals surface area contributed by atoms with E-state index in [1.54, 1.807) is 6.92 Å². The molecular weight excluding hydrogens is 194 g/mol. The molecule has 1 unspecified atom stereocenters. The molecule has 0 bridgehead atoms. The molecule has 0 aromatic heterocycles. The van der Waals surface area contributed by atoms with E-state index in [0.29, 0.717) is 12.1 Å². The number of nitrogens with zero attached hydrogens (tertiary/aromatic N) is 1. The molecule has 4 nitrogen and oxygen atoms in total. The fraction of sp³-hybridized carbons (Fsp3) is 0.636. The van der Waals surface area contributed by atoms with E-state index in [-0.39, 0.29) is 17.4 Å². The Hall–Kier alpha value is -1.16. The van der Waals surface area contributed by atoms with E-state index in [1.165, 1.54) is 11.0 Å². The largest absolute Gasteiger partial charge is 0.373 e. The van der Waals surface area contributed by atoms with Crippen molar-refractivity contribution >= 4 is 11.8 Å². The van der Waals surface area contributed by atoms with Crippen molar-refractivity contribution in [1.82, 2.24) is 4.90 Å². The predicted molar refractivity (Wildman–Crippen MR) is 54.1 cm³/mol. The van der Waals surface area contributed by atoms with Crippen molar-refractivity contribution in [2.75, 3.05) is 13.2 Å². The van der Waals surface area contributed by atoms with Crippen molar-refractivity contribution in [3.05, 3.63) is 11.6 Å². The molecule has 0 N–H and O–H groups in total. The van der Waals surface area contributed by atoms with Crippen molar-refractivity contribution in [3.8, 4) is 0 Å². The number of hydrogen-bond donors (Lipinski definition) is 0. The fourth-order valence-corrected chi connectivity index (χ4v) is 2.08. The van der Waals surface area contributed by atoms with Crippen molar-refractivity contribution in [2.24, 2.45) is 0 Å². The predicted octanol–water partition coefficient (Wildman–Crippen LogP) is 0.871. The Bertz CT molecular complexity index is 340. The van der Waals surface area contributed by atoms with Crippen LogP contribution in [0.5, 0.6) is 0 Å². The first-order valence-electron chi connectivity index (χ1n) is 5.20. The van der Waals surface area contributed by atoms with Crippen LogP contribution in [0.15, 0.2) is 11.6 Å². The van der Waals surface area contributed by atoms with Crippen LogP contribution in [0.2, 0.25) is 0 Å². The van der Waals surface area contributed by atoms with E-state index >= 15 is 0 Å². The van der Waals surface area contributed by atoms with Crippen LogP contribution in [0.3, 0.4) is 0 Å². The van der Waals surface area contributed by atoms with Crippen LogP contribution in [-0.4, -0.2) is 35.5 Å². The summed E-state index contributed by atoms with van der Waals surface area (Å²) in [5.74, 6) is -0.397. The van der Waals surface area contributed by atoms with Crippen LogP contribution >= 0.6 is 0 Å². The summed E-state index contributed by atoms with van der Waals surface area (Å²) < 4.78 is 5.57. The smallest absolute Gasteiger partial charge is 0.256 e. The summed E-state index contributed by atoms with van der Waals surface area (Å²) in [7, 11) is 0. The van der Waals surface area contributed by atoms with E-state index in [4.69, 9.17) is 4.74 Å². The van der Waals surface area contributed by atoms with E-state index in [1.807, 2.05) is 6.92 Å². The SMILES string of the molecule is CC1=CC(=O)N(CC2(C)CCCO2)C1=O. The Morgan fingerprint density at radius 2 is 2.27 bits per heavy atom. The molecular formula is C11H15NO3. The highest BCUT2D eigenvalue weighted by atomic mass is 16.5. The number of amides is 2. The van der Waals surface area contributed by atoms with Gasteiger partial charge in [-0.15, -0.1) is 0 Å². The van der Waals surface area contributed by atoms with E-state index in [9.17, 15) is 9.59 Å². The monoisotopic (exact) mass is 209 g/mol. The summed E-state index contributed by atoms with van der Waals surface area (Å²) in [5, 5.41) is 0. The van der Waals surface area contributed by atoms with Gasteiger partial charge in [0.05, 0.1) is 12.1 Å². The number of carbonyl (C=O) groups is 2. The van der Waals surface area contributed by atoms with Gasteiger partial charge in [0.15, 0.2) is 0 Å². The maximum absolute atomic E-state index is 11.6. The van der Waals surface area contributed by atoms with Crippen LogP contribution in [-0.2, 0) is 14.3 Å². The standard InChI is InChI=1S/C11H15NO3/c1-8-6-9(13)12(10(8)14)7-11(2)4-3-5-15-11/h6H,3-5,7H2,1-2H3. The lowest BCUT2D eigenvalue weighted by molar-refractivity contribution is -0.141. The van der Waals surface area contributed by atoms with Gasteiger partial charge in [0.2, 0.25) is 0 Å². The van der Waals surface area contributed by atoms with Crippen molar-refractivity contribution < 1.29 is 14.3 Å². The minimum atomic E-state index is -0.343. The van der Waals surface area contributed by atoms with Crippen LogP contribution < -0.4 is 0 Å². The highest BCUT2D eigenvalue weighted by Crippen LogP contribution is 2.27. The first kappa shape index (κ1) is 10.4. The Balaban J connectivity index is 2.07. The second-order valence-corrected chi connectivity index (χ2v) is 4.46. The third-order valence-electron chi connectivity index (χ3n) is 2.98. The molecule has 0 radical (unpaired) electrons. The molecule has 4 heteroatoms. The zero-order valence-corrected chi connectivity index (χ0v) is 9.08. The minimum absolute atomic E-state index is 0.184. The molecule has 2 amide bonds. The van der Waals surface area contributed by atoms with Crippen LogP contribution in [0.4, 0.5) is 0 Å². The second-order valence-electron chi connectivity index (χ2n) is 4.46. The number of imide groups is 1.